The molecule has 4 heteroatoms. The van der Waals surface area contributed by atoms with E-state index in [0.29, 0.717) is 0 Å². The molecule has 4 nitrogen and oxygen atoms in total. The molecule has 2 N–H and O–H groups in total. The van der Waals surface area contributed by atoms with Crippen LogP contribution >= 0.6 is 0 Å². The van der Waals surface area contributed by atoms with E-state index in [1.165, 1.54) is 0 Å². The Kier molecular flexibility index (Phi) is 1.38. The molecule has 0 amide bonds. The van der Waals surface area contributed by atoms with Crippen molar-refractivity contribution in [1.82, 2.24) is 10.3 Å². The van der Waals surface area contributed by atoms with Gasteiger partial charge < -0.3 is 5.73 Å². The first-order valence-electron chi connectivity index (χ1n) is 3.67. The zero-order valence-electron chi connectivity index (χ0n) is 6.69. The first kappa shape index (κ1) is 7.24. The number of hydrogen-bond donors (Lipinski definition) is 1. The molecule has 0 saturated carbocycles. The summed E-state index contributed by atoms with van der Waals surface area (Å²) in [7, 11) is 0. The summed E-state index contributed by atoms with van der Waals surface area (Å²) in [6, 6.07) is 0. The van der Waals surface area contributed by atoms with E-state index >= 15 is 0 Å². The topological polar surface area (TPSA) is 64.9 Å². The van der Waals surface area contributed by atoms with Crippen molar-refractivity contribution in [3.63, 3.8) is 0 Å². The molecule has 0 bridgehead atoms. The molecule has 0 unspecified atom stereocenters. The Balaban J connectivity index is 2.49. The molecule has 0 fully saturated rings. The van der Waals surface area contributed by atoms with Crippen molar-refractivity contribution in [2.24, 2.45) is 5.73 Å². The van der Waals surface area contributed by atoms with Crippen LogP contribution in [-0.4, -0.2) is 15.9 Å². The Bertz CT molecular complexity index is 318. The van der Waals surface area contributed by atoms with Crippen LogP contribution in [0.1, 0.15) is 18.3 Å². The predicted molar refractivity (Wildman–Crippen MR) is 45.0 cm³/mol. The van der Waals surface area contributed by atoms with Crippen molar-refractivity contribution in [1.29, 1.82) is 0 Å². The van der Waals surface area contributed by atoms with Crippen molar-refractivity contribution in [2.75, 3.05) is 0 Å². The fourth-order valence-corrected chi connectivity index (χ4v) is 1.01. The van der Waals surface area contributed by atoms with Gasteiger partial charge in [0.1, 0.15) is 11.4 Å². The molecule has 0 aliphatic heterocycles. The van der Waals surface area contributed by atoms with Gasteiger partial charge in [0.2, 0.25) is 0 Å². The van der Waals surface area contributed by atoms with E-state index < -0.39 is 5.54 Å². The van der Waals surface area contributed by atoms with Crippen LogP contribution in [0, 0.1) is 0 Å². The highest BCUT2D eigenvalue weighted by atomic mass is 16.6. The number of nitrogens with zero attached hydrogens (tertiary/aromatic N) is 2. The standard InChI is InChI=1S/C8H9N3O/c1-8(9)4-2-6-7(3-5-8)11-12-10-6/h2-5H,9H2,1H3. The maximum atomic E-state index is 5.86. The van der Waals surface area contributed by atoms with Gasteiger partial charge in [-0.2, -0.15) is 0 Å². The lowest BCUT2D eigenvalue weighted by Gasteiger charge is -2.12. The van der Waals surface area contributed by atoms with Crippen LogP contribution in [0.2, 0.25) is 0 Å². The second-order valence-electron chi connectivity index (χ2n) is 3.07. The van der Waals surface area contributed by atoms with Gasteiger partial charge in [0.15, 0.2) is 0 Å². The molecule has 1 aromatic rings. The Hall–Kier alpha value is -1.42. The van der Waals surface area contributed by atoms with Gasteiger partial charge in [0, 0.05) is 0 Å². The summed E-state index contributed by atoms with van der Waals surface area (Å²) in [6.07, 6.45) is 7.34. The number of nitrogens with two attached hydrogens (primary N) is 1. The summed E-state index contributed by atoms with van der Waals surface area (Å²) in [5.74, 6) is 0. The van der Waals surface area contributed by atoms with Crippen molar-refractivity contribution in [3.8, 4) is 0 Å². The number of rotatable bonds is 0. The number of aromatic nitrogens is 2. The van der Waals surface area contributed by atoms with Crippen LogP contribution in [-0.2, 0) is 0 Å². The highest BCUT2D eigenvalue weighted by Gasteiger charge is 2.15. The number of hydrogen-bond acceptors (Lipinski definition) is 4. The summed E-state index contributed by atoms with van der Waals surface area (Å²) in [5.41, 5.74) is 6.88. The predicted octanol–water partition coefficient (Wildman–Crippen LogP) is 0.827. The third kappa shape index (κ3) is 1.16. The monoisotopic (exact) mass is 163 g/mol. The van der Waals surface area contributed by atoms with Gasteiger partial charge in [-0.1, -0.05) is 12.2 Å². The second kappa shape index (κ2) is 2.28. The zero-order valence-corrected chi connectivity index (χ0v) is 6.69. The van der Waals surface area contributed by atoms with Gasteiger partial charge in [0.25, 0.3) is 0 Å². The summed E-state index contributed by atoms with van der Waals surface area (Å²) >= 11 is 0. The van der Waals surface area contributed by atoms with Crippen LogP contribution < -0.4 is 5.73 Å². The third-order valence-electron chi connectivity index (χ3n) is 1.74. The van der Waals surface area contributed by atoms with Gasteiger partial charge in [-0.25, -0.2) is 4.63 Å². The van der Waals surface area contributed by atoms with E-state index in [1.54, 1.807) is 0 Å². The van der Waals surface area contributed by atoms with Crippen LogP contribution in [0.15, 0.2) is 16.8 Å². The van der Waals surface area contributed by atoms with E-state index in [9.17, 15) is 0 Å². The zero-order chi connectivity index (χ0) is 8.60. The van der Waals surface area contributed by atoms with Crippen molar-refractivity contribution >= 4 is 12.2 Å². The minimum Gasteiger partial charge on any atom is -0.319 e. The quantitative estimate of drug-likeness (QED) is 0.615. The first-order valence-corrected chi connectivity index (χ1v) is 3.67. The van der Waals surface area contributed by atoms with E-state index in [-0.39, 0.29) is 0 Å². The number of fused-ring (bicyclic) bond motifs is 1. The molecule has 1 aromatic heterocycles. The molecule has 0 aromatic carbocycles. The van der Waals surface area contributed by atoms with E-state index in [4.69, 9.17) is 5.73 Å². The molecule has 12 heavy (non-hydrogen) atoms. The lowest BCUT2D eigenvalue weighted by Crippen LogP contribution is -2.30. The van der Waals surface area contributed by atoms with Crippen LogP contribution in [0.3, 0.4) is 0 Å². The fraction of sp³-hybridized carbons (Fsp3) is 0.250. The van der Waals surface area contributed by atoms with Gasteiger partial charge in [-0.3, -0.25) is 0 Å². The summed E-state index contributed by atoms with van der Waals surface area (Å²) in [6.45, 7) is 1.91. The summed E-state index contributed by atoms with van der Waals surface area (Å²) < 4.78 is 4.55. The Morgan fingerprint density at radius 3 is 2.25 bits per heavy atom. The molecule has 1 heterocycles. The van der Waals surface area contributed by atoms with Crippen LogP contribution in [0.5, 0.6) is 0 Å². The average Bonchev–Trinajstić information content (AvgIpc) is 2.40. The smallest absolute Gasteiger partial charge is 0.134 e. The lowest BCUT2D eigenvalue weighted by atomic mass is 10.0. The molecular weight excluding hydrogens is 154 g/mol. The minimum absolute atomic E-state index is 0.421. The van der Waals surface area contributed by atoms with Crippen molar-refractivity contribution in [2.45, 2.75) is 12.5 Å². The fourth-order valence-electron chi connectivity index (χ4n) is 1.01. The maximum Gasteiger partial charge on any atom is 0.134 e. The van der Waals surface area contributed by atoms with E-state index in [0.717, 1.165) is 11.4 Å². The normalized spacial score (nSPS) is 18.8. The highest BCUT2D eigenvalue weighted by molar-refractivity contribution is 5.63. The third-order valence-corrected chi connectivity index (χ3v) is 1.74. The Labute approximate surface area is 69.7 Å². The molecule has 2 rings (SSSR count). The largest absolute Gasteiger partial charge is 0.319 e. The molecule has 0 spiro atoms. The van der Waals surface area contributed by atoms with Gasteiger partial charge in [-0.15, -0.1) is 0 Å². The van der Waals surface area contributed by atoms with Gasteiger partial charge >= 0.3 is 0 Å². The molecule has 0 atom stereocenters. The molecular formula is C8H9N3O. The Morgan fingerprint density at radius 1 is 1.25 bits per heavy atom. The van der Waals surface area contributed by atoms with Crippen molar-refractivity contribution < 1.29 is 4.63 Å². The van der Waals surface area contributed by atoms with E-state index in [1.807, 2.05) is 31.2 Å². The van der Waals surface area contributed by atoms with Crippen molar-refractivity contribution in [3.05, 3.63) is 23.5 Å². The van der Waals surface area contributed by atoms with Gasteiger partial charge in [-0.05, 0) is 29.4 Å². The summed E-state index contributed by atoms with van der Waals surface area (Å²) in [5, 5.41) is 7.41. The highest BCUT2D eigenvalue weighted by Crippen LogP contribution is 2.17. The first-order chi connectivity index (χ1) is 5.67. The minimum atomic E-state index is -0.421. The lowest BCUT2D eigenvalue weighted by molar-refractivity contribution is 0.305. The second-order valence-corrected chi connectivity index (χ2v) is 3.07. The van der Waals surface area contributed by atoms with Crippen LogP contribution in [0.25, 0.3) is 12.2 Å². The molecule has 1 aliphatic carbocycles. The summed E-state index contributed by atoms with van der Waals surface area (Å²) in [4.78, 5) is 0. The Morgan fingerprint density at radius 2 is 1.75 bits per heavy atom. The van der Waals surface area contributed by atoms with Gasteiger partial charge in [0.05, 0.1) is 5.54 Å². The maximum absolute atomic E-state index is 5.86. The van der Waals surface area contributed by atoms with E-state index in [2.05, 4.69) is 14.9 Å². The molecule has 0 saturated heterocycles. The SMILES string of the molecule is CC1(N)C=Cc2nonc2C=C1. The van der Waals surface area contributed by atoms with Crippen LogP contribution in [0.4, 0.5) is 0 Å². The molecule has 0 radical (unpaired) electrons. The molecule has 62 valence electrons. The molecule has 1 aliphatic rings. The average molecular weight is 163 g/mol.